The van der Waals surface area contributed by atoms with E-state index in [4.69, 9.17) is 0 Å². The number of carbonyl (C=O) groups is 8. The molecule has 0 N–H and O–H groups in total. The van der Waals surface area contributed by atoms with E-state index in [2.05, 4.69) is 0 Å². The molecule has 0 aromatic carbocycles. The van der Waals surface area contributed by atoms with Crippen molar-refractivity contribution < 1.29 is 80.5 Å². The summed E-state index contributed by atoms with van der Waals surface area (Å²) in [4.78, 5) is 84.0. The van der Waals surface area contributed by atoms with E-state index in [1.165, 1.54) is 0 Å². The molecule has 0 spiro atoms. The number of Topliss-reactive ketones (excluding diaryl/α,β-unsaturated/α-hetero) is 4. The van der Waals surface area contributed by atoms with Gasteiger partial charge >= 0.3 is 21.7 Å². The fourth-order valence-electron chi connectivity index (χ4n) is 4.12. The van der Waals surface area contributed by atoms with Crippen LogP contribution in [-0.2, 0) is 60.1 Å². The number of ketones is 4. The van der Waals surface area contributed by atoms with E-state index in [9.17, 15) is 58.8 Å². The molecule has 45 heavy (non-hydrogen) atoms. The number of aliphatic carboxylic acids is 4. The van der Waals surface area contributed by atoms with E-state index in [1.54, 1.807) is 0 Å². The number of hydrogen-bond donors (Lipinski definition) is 0. The molecule has 0 heterocycles. The topological polar surface area (TPSA) is 229 Å². The third-order valence-corrected chi connectivity index (χ3v) is 7.04. The van der Waals surface area contributed by atoms with Crippen LogP contribution in [0.4, 0.5) is 0 Å². The normalized spacial score (nSPS) is 9.87. The van der Waals surface area contributed by atoms with Gasteiger partial charge in [-0.15, -0.1) is 0 Å². The Kier molecular flexibility index (Phi) is 37.6. The summed E-state index contributed by atoms with van der Waals surface area (Å²) in [6.45, 7) is 15.0. The van der Waals surface area contributed by atoms with Gasteiger partial charge in [0, 0.05) is 73.2 Å². The van der Waals surface area contributed by atoms with Crippen molar-refractivity contribution in [2.24, 2.45) is 23.7 Å². The van der Waals surface area contributed by atoms with Crippen molar-refractivity contribution in [1.29, 1.82) is 0 Å². The fourth-order valence-corrected chi connectivity index (χ4v) is 4.12. The quantitative estimate of drug-likeness (QED) is 0.127. The van der Waals surface area contributed by atoms with Crippen molar-refractivity contribution in [3.05, 3.63) is 0 Å². The van der Waals surface area contributed by atoms with Crippen LogP contribution in [-0.4, -0.2) is 47.0 Å². The molecule has 256 valence electrons. The van der Waals surface area contributed by atoms with Gasteiger partial charge in [-0.25, -0.2) is 0 Å². The molecule has 0 amide bonds. The first-order valence-corrected chi connectivity index (χ1v) is 15.4. The predicted octanol–water partition coefficient (Wildman–Crippen LogP) is 0.524. The summed E-state index contributed by atoms with van der Waals surface area (Å²) < 4.78 is 0. The second kappa shape index (κ2) is 32.7. The molecule has 13 heteroatoms. The third-order valence-electron chi connectivity index (χ3n) is 7.04. The molecule has 0 atom stereocenters. The molecule has 0 aliphatic carbocycles. The van der Waals surface area contributed by atoms with Crippen LogP contribution in [0.1, 0.15) is 132 Å². The molecule has 12 nitrogen and oxygen atoms in total. The smallest absolute Gasteiger partial charge is 0.550 e. The van der Waals surface area contributed by atoms with Gasteiger partial charge in [-0.1, -0.05) is 55.4 Å². The van der Waals surface area contributed by atoms with Crippen molar-refractivity contribution in [2.45, 2.75) is 132 Å². The Labute approximate surface area is 283 Å². The van der Waals surface area contributed by atoms with Crippen LogP contribution < -0.4 is 20.4 Å². The minimum Gasteiger partial charge on any atom is -0.550 e. The van der Waals surface area contributed by atoms with Gasteiger partial charge in [-0.2, -0.15) is 0 Å². The average Bonchev–Trinajstić information content (AvgIpc) is 2.91. The van der Waals surface area contributed by atoms with Crippen molar-refractivity contribution in [3.8, 4) is 0 Å². The van der Waals surface area contributed by atoms with Gasteiger partial charge in [-0.3, -0.25) is 19.2 Å². The van der Waals surface area contributed by atoms with Crippen molar-refractivity contribution in [1.82, 2.24) is 0 Å². The zero-order chi connectivity index (χ0) is 35.4. The van der Waals surface area contributed by atoms with Gasteiger partial charge in [0.05, 0.1) is 0 Å². The minimum atomic E-state index is -1.28. The van der Waals surface area contributed by atoms with Crippen molar-refractivity contribution in [3.63, 3.8) is 0 Å². The van der Waals surface area contributed by atoms with Gasteiger partial charge in [0.25, 0.3) is 0 Å². The molecule has 0 saturated carbocycles. The number of carboxylic acid groups (broad SMARTS) is 4. The minimum absolute atomic E-state index is 0. The molecule has 0 saturated heterocycles. The standard InChI is InChI=1S/4C8H14O3.Ti/c4*1-3-6(4-2)7(9)5-8(10)11;/h4*6H,3-5H2,1-2H3,(H,10,11);/q;;;;+4/p-4. The SMILES string of the molecule is CCC(CC)C(=O)CC(=O)[O-].CCC(CC)C(=O)CC(=O)[O-].CCC(CC)C(=O)CC(=O)[O-].CCC(CC)C(=O)CC(=O)[O-].[Ti+4]. The van der Waals surface area contributed by atoms with Gasteiger partial charge < -0.3 is 39.6 Å². The van der Waals surface area contributed by atoms with Gasteiger partial charge in [0.15, 0.2) is 0 Å². The Balaban J connectivity index is -0.000000157. The Morgan fingerprint density at radius 2 is 0.444 bits per heavy atom. The van der Waals surface area contributed by atoms with E-state index in [0.717, 1.165) is 0 Å². The maximum absolute atomic E-state index is 11.0. The monoisotopic (exact) mass is 676 g/mol. The number of carboxylic acids is 4. The molecule has 0 radical (unpaired) electrons. The second-order valence-corrected chi connectivity index (χ2v) is 10.1. The Hall–Kier alpha value is -2.73. The molecule has 0 aromatic heterocycles. The number of carbonyl (C=O) groups excluding carboxylic acids is 8. The van der Waals surface area contributed by atoms with Crippen LogP contribution in [0.3, 0.4) is 0 Å². The average molecular weight is 677 g/mol. The van der Waals surface area contributed by atoms with Crippen LogP contribution >= 0.6 is 0 Å². The van der Waals surface area contributed by atoms with Crippen LogP contribution in [0.25, 0.3) is 0 Å². The summed E-state index contributed by atoms with van der Waals surface area (Å²) in [6.07, 6.45) is 3.93. The maximum Gasteiger partial charge on any atom is 4.00 e. The van der Waals surface area contributed by atoms with Crippen LogP contribution in [0.5, 0.6) is 0 Å². The molecule has 0 aliphatic rings. The predicted molar refractivity (Wildman–Crippen MR) is 155 cm³/mol. The molecule has 0 rings (SSSR count). The number of rotatable bonds is 20. The van der Waals surface area contributed by atoms with E-state index < -0.39 is 49.6 Å². The van der Waals surface area contributed by atoms with Crippen molar-refractivity contribution >= 4 is 47.0 Å². The maximum atomic E-state index is 11.0. The molecule has 0 aliphatic heterocycles. The van der Waals surface area contributed by atoms with Gasteiger partial charge in [0.2, 0.25) is 0 Å². The van der Waals surface area contributed by atoms with Crippen LogP contribution in [0.15, 0.2) is 0 Å². The van der Waals surface area contributed by atoms with E-state index >= 15 is 0 Å². The van der Waals surface area contributed by atoms with Gasteiger partial charge in [-0.05, 0) is 51.4 Å². The summed E-state index contributed by atoms with van der Waals surface area (Å²) in [7, 11) is 0. The van der Waals surface area contributed by atoms with Gasteiger partial charge in [0.1, 0.15) is 23.1 Å². The number of hydrogen-bond acceptors (Lipinski definition) is 12. The second-order valence-electron chi connectivity index (χ2n) is 10.1. The zero-order valence-corrected chi connectivity index (χ0v) is 29.8. The zero-order valence-electron chi connectivity index (χ0n) is 28.2. The molecule has 0 fully saturated rings. The molecule has 0 aromatic rings. The molecular weight excluding hydrogens is 624 g/mol. The Morgan fingerprint density at radius 3 is 0.511 bits per heavy atom. The Bertz CT molecular complexity index is 741. The largest absolute Gasteiger partial charge is 4.00 e. The molecular formula is C32H52O12Ti. The Morgan fingerprint density at radius 1 is 0.333 bits per heavy atom. The first-order valence-electron chi connectivity index (χ1n) is 15.4. The first-order chi connectivity index (χ1) is 20.5. The summed E-state index contributed by atoms with van der Waals surface area (Å²) in [5, 5.41) is 40.1. The fraction of sp³-hybridized carbons (Fsp3) is 0.750. The molecule has 0 bridgehead atoms. The molecule has 0 unspecified atom stereocenters. The summed E-state index contributed by atoms with van der Waals surface area (Å²) in [5.41, 5.74) is 0. The van der Waals surface area contributed by atoms with Crippen LogP contribution in [0.2, 0.25) is 0 Å². The summed E-state index contributed by atoms with van der Waals surface area (Å²) in [6, 6.07) is 0. The summed E-state index contributed by atoms with van der Waals surface area (Å²) in [5.74, 6) is -6.37. The van der Waals surface area contributed by atoms with Crippen molar-refractivity contribution in [2.75, 3.05) is 0 Å². The van der Waals surface area contributed by atoms with E-state index in [0.29, 0.717) is 51.4 Å². The third kappa shape index (κ3) is 31.1. The van der Waals surface area contributed by atoms with E-state index in [-0.39, 0.29) is 68.5 Å². The van der Waals surface area contributed by atoms with Crippen LogP contribution in [0, 0.1) is 23.7 Å². The first kappa shape index (κ1) is 51.8. The summed E-state index contributed by atoms with van der Waals surface area (Å²) >= 11 is 0. The van der Waals surface area contributed by atoms with E-state index in [1.807, 2.05) is 55.4 Å².